The quantitative estimate of drug-likeness (QED) is 0.917. The number of hydrogen-bond donors (Lipinski definition) is 1. The lowest BCUT2D eigenvalue weighted by atomic mass is 10.1. The second kappa shape index (κ2) is 6.39. The van der Waals surface area contributed by atoms with Gasteiger partial charge in [-0.15, -0.1) is 0 Å². The van der Waals surface area contributed by atoms with Crippen LogP contribution < -0.4 is 5.32 Å². The Hall–Kier alpha value is -1.68. The summed E-state index contributed by atoms with van der Waals surface area (Å²) in [4.78, 5) is 4.74. The van der Waals surface area contributed by atoms with Gasteiger partial charge >= 0.3 is 0 Å². The van der Waals surface area contributed by atoms with Crippen LogP contribution in [-0.2, 0) is 6.54 Å². The van der Waals surface area contributed by atoms with Crippen LogP contribution in [0.15, 0.2) is 12.1 Å². The molecule has 0 amide bonds. The zero-order chi connectivity index (χ0) is 15.6. The largest absolute Gasteiger partial charge is 0.312 e. The van der Waals surface area contributed by atoms with Gasteiger partial charge in [0.15, 0.2) is 5.82 Å². The normalized spacial score (nSPS) is 11.4. The van der Waals surface area contributed by atoms with E-state index in [1.54, 1.807) is 0 Å². The van der Waals surface area contributed by atoms with Gasteiger partial charge in [0, 0.05) is 23.5 Å². The molecule has 0 aliphatic heterocycles. The topological polar surface area (TPSA) is 42.7 Å². The predicted molar refractivity (Wildman–Crippen MR) is 86.9 cm³/mol. The molecule has 0 aliphatic rings. The lowest BCUT2D eigenvalue weighted by molar-refractivity contribution is 0.549. The van der Waals surface area contributed by atoms with E-state index in [4.69, 9.17) is 4.98 Å². The third kappa shape index (κ3) is 3.70. The minimum atomic E-state index is 0.640. The molecule has 0 unspecified atom stereocenters. The Bertz CT molecular complexity index is 626. The van der Waals surface area contributed by atoms with Crippen molar-refractivity contribution >= 4 is 0 Å². The van der Waals surface area contributed by atoms with E-state index in [-0.39, 0.29) is 0 Å². The fourth-order valence-electron chi connectivity index (χ4n) is 2.57. The summed E-state index contributed by atoms with van der Waals surface area (Å²) >= 11 is 0. The van der Waals surface area contributed by atoms with Crippen LogP contribution in [0.4, 0.5) is 0 Å². The standard InChI is InChI=1S/C17H26N4/c1-11(2)9-18-10-16-12(3)7-13(4)19-17(16)21-15(6)8-14(5)20-21/h7-8,11,18H,9-10H2,1-6H3. The second-order valence-corrected chi connectivity index (χ2v) is 6.25. The highest BCUT2D eigenvalue weighted by Gasteiger charge is 2.13. The number of aromatic nitrogens is 3. The summed E-state index contributed by atoms with van der Waals surface area (Å²) in [5.41, 5.74) is 5.67. The minimum Gasteiger partial charge on any atom is -0.312 e. The number of pyridine rings is 1. The van der Waals surface area contributed by atoms with Crippen molar-refractivity contribution in [1.29, 1.82) is 0 Å². The molecule has 0 fully saturated rings. The van der Waals surface area contributed by atoms with Gasteiger partial charge in [-0.25, -0.2) is 9.67 Å². The van der Waals surface area contributed by atoms with E-state index in [2.05, 4.69) is 50.2 Å². The fourth-order valence-corrected chi connectivity index (χ4v) is 2.57. The maximum absolute atomic E-state index is 4.74. The summed E-state index contributed by atoms with van der Waals surface area (Å²) in [5, 5.41) is 8.11. The van der Waals surface area contributed by atoms with Crippen LogP contribution in [0, 0.1) is 33.6 Å². The summed E-state index contributed by atoms with van der Waals surface area (Å²) < 4.78 is 1.96. The summed E-state index contributed by atoms with van der Waals surface area (Å²) in [6.07, 6.45) is 0. The molecule has 0 aromatic carbocycles. The van der Waals surface area contributed by atoms with Crippen molar-refractivity contribution in [3.8, 4) is 5.82 Å². The molecule has 0 spiro atoms. The van der Waals surface area contributed by atoms with E-state index in [1.165, 1.54) is 11.1 Å². The van der Waals surface area contributed by atoms with Crippen molar-refractivity contribution in [2.45, 2.75) is 48.1 Å². The molecule has 0 saturated carbocycles. The van der Waals surface area contributed by atoms with Gasteiger partial charge in [0.05, 0.1) is 5.69 Å². The Morgan fingerprint density at radius 2 is 1.81 bits per heavy atom. The number of rotatable bonds is 5. The highest BCUT2D eigenvalue weighted by molar-refractivity contribution is 5.42. The Morgan fingerprint density at radius 1 is 1.10 bits per heavy atom. The summed E-state index contributed by atoms with van der Waals surface area (Å²) in [7, 11) is 0. The SMILES string of the molecule is Cc1cc(C)c(CNCC(C)C)c(-n2nc(C)cc2C)n1. The van der Waals surface area contributed by atoms with Crippen LogP contribution >= 0.6 is 0 Å². The molecule has 114 valence electrons. The van der Waals surface area contributed by atoms with Crippen molar-refractivity contribution in [2.75, 3.05) is 6.54 Å². The number of aryl methyl sites for hydroxylation is 4. The van der Waals surface area contributed by atoms with Gasteiger partial charge in [-0.2, -0.15) is 5.10 Å². The molecule has 0 atom stereocenters. The average molecular weight is 286 g/mol. The van der Waals surface area contributed by atoms with Crippen LogP contribution in [0.25, 0.3) is 5.82 Å². The van der Waals surface area contributed by atoms with E-state index in [0.29, 0.717) is 5.92 Å². The molecule has 0 saturated heterocycles. The van der Waals surface area contributed by atoms with Gasteiger partial charge in [-0.3, -0.25) is 0 Å². The molecule has 0 bridgehead atoms. The lowest BCUT2D eigenvalue weighted by Gasteiger charge is -2.15. The van der Waals surface area contributed by atoms with E-state index in [9.17, 15) is 0 Å². The lowest BCUT2D eigenvalue weighted by Crippen LogP contribution is -2.21. The first-order valence-electron chi connectivity index (χ1n) is 7.60. The third-order valence-corrected chi connectivity index (χ3v) is 3.52. The Labute approximate surface area is 127 Å². The average Bonchev–Trinajstić information content (AvgIpc) is 2.70. The summed E-state index contributed by atoms with van der Waals surface area (Å²) in [6.45, 7) is 14.5. The van der Waals surface area contributed by atoms with Crippen LogP contribution in [0.2, 0.25) is 0 Å². The van der Waals surface area contributed by atoms with E-state index in [0.717, 1.165) is 36.0 Å². The highest BCUT2D eigenvalue weighted by Crippen LogP contribution is 2.19. The monoisotopic (exact) mass is 286 g/mol. The number of nitrogens with zero attached hydrogens (tertiary/aromatic N) is 3. The van der Waals surface area contributed by atoms with Crippen LogP contribution in [0.1, 0.15) is 42.1 Å². The third-order valence-electron chi connectivity index (χ3n) is 3.52. The maximum Gasteiger partial charge on any atom is 0.158 e. The van der Waals surface area contributed by atoms with E-state index >= 15 is 0 Å². The molecule has 4 nitrogen and oxygen atoms in total. The van der Waals surface area contributed by atoms with Gasteiger partial charge in [-0.1, -0.05) is 13.8 Å². The Balaban J connectivity index is 2.41. The van der Waals surface area contributed by atoms with E-state index in [1.807, 2.05) is 18.5 Å². The molecule has 0 radical (unpaired) electrons. The zero-order valence-electron chi connectivity index (χ0n) is 14.0. The zero-order valence-corrected chi connectivity index (χ0v) is 14.0. The molecule has 2 aromatic rings. The number of hydrogen-bond acceptors (Lipinski definition) is 3. The Morgan fingerprint density at radius 3 is 2.38 bits per heavy atom. The van der Waals surface area contributed by atoms with Crippen molar-refractivity contribution in [3.63, 3.8) is 0 Å². The number of nitrogens with one attached hydrogen (secondary N) is 1. The molecule has 2 heterocycles. The highest BCUT2D eigenvalue weighted by atomic mass is 15.3. The maximum atomic E-state index is 4.74. The first-order chi connectivity index (χ1) is 9.88. The molecule has 2 aromatic heterocycles. The summed E-state index contributed by atoms with van der Waals surface area (Å²) in [6, 6.07) is 4.23. The molecule has 2 rings (SSSR count). The molecule has 21 heavy (non-hydrogen) atoms. The fraction of sp³-hybridized carbons (Fsp3) is 0.529. The van der Waals surface area contributed by atoms with Gasteiger partial charge in [0.1, 0.15) is 0 Å². The molecule has 1 N–H and O–H groups in total. The second-order valence-electron chi connectivity index (χ2n) is 6.25. The smallest absolute Gasteiger partial charge is 0.158 e. The van der Waals surface area contributed by atoms with Crippen molar-refractivity contribution in [1.82, 2.24) is 20.1 Å². The van der Waals surface area contributed by atoms with Gasteiger partial charge in [-0.05, 0) is 57.9 Å². The van der Waals surface area contributed by atoms with Gasteiger partial charge < -0.3 is 5.32 Å². The molecular formula is C17H26N4. The van der Waals surface area contributed by atoms with Gasteiger partial charge in [0.25, 0.3) is 0 Å². The van der Waals surface area contributed by atoms with Crippen LogP contribution in [-0.4, -0.2) is 21.3 Å². The van der Waals surface area contributed by atoms with Crippen molar-refractivity contribution in [3.05, 3.63) is 40.3 Å². The van der Waals surface area contributed by atoms with Gasteiger partial charge in [0.2, 0.25) is 0 Å². The Kier molecular flexibility index (Phi) is 4.78. The van der Waals surface area contributed by atoms with Crippen LogP contribution in [0.5, 0.6) is 0 Å². The van der Waals surface area contributed by atoms with E-state index < -0.39 is 0 Å². The van der Waals surface area contributed by atoms with Crippen LogP contribution in [0.3, 0.4) is 0 Å². The first kappa shape index (κ1) is 15.7. The molecular weight excluding hydrogens is 260 g/mol. The predicted octanol–water partition coefficient (Wildman–Crippen LogP) is 3.25. The molecule has 4 heteroatoms. The van der Waals surface area contributed by atoms with Crippen molar-refractivity contribution < 1.29 is 0 Å². The first-order valence-corrected chi connectivity index (χ1v) is 7.60. The molecule has 0 aliphatic carbocycles. The summed E-state index contributed by atoms with van der Waals surface area (Å²) in [5.74, 6) is 1.59. The minimum absolute atomic E-state index is 0.640. The van der Waals surface area contributed by atoms with Crippen molar-refractivity contribution in [2.24, 2.45) is 5.92 Å².